The summed E-state index contributed by atoms with van der Waals surface area (Å²) < 4.78 is 0. The van der Waals surface area contributed by atoms with Crippen LogP contribution in [0.3, 0.4) is 0 Å². The minimum Gasteiger partial charge on any atom is -0.378 e. The monoisotopic (exact) mass is 974 g/mol. The second-order valence-corrected chi connectivity index (χ2v) is 24.1. The van der Waals surface area contributed by atoms with E-state index in [4.69, 9.17) is 0 Å². The van der Waals surface area contributed by atoms with Crippen LogP contribution in [0, 0.1) is 0 Å². The van der Waals surface area contributed by atoms with Crippen molar-refractivity contribution in [3.8, 4) is 0 Å². The van der Waals surface area contributed by atoms with E-state index in [1.807, 2.05) is 0 Å². The zero-order valence-corrected chi connectivity index (χ0v) is 43.5. The number of anilines is 3. The number of benzene rings is 9. The van der Waals surface area contributed by atoms with Crippen molar-refractivity contribution in [2.45, 2.75) is 0 Å². The van der Waals surface area contributed by atoms with Crippen LogP contribution in [0.15, 0.2) is 255 Å². The fourth-order valence-corrected chi connectivity index (χ4v) is 15.6. The van der Waals surface area contributed by atoms with Gasteiger partial charge in [-0.2, -0.15) is 0 Å². The minimum atomic E-state index is -0.938. The van der Waals surface area contributed by atoms with Crippen molar-refractivity contribution in [2.24, 2.45) is 0 Å². The maximum atomic E-state index is 2.28. The van der Waals surface area contributed by atoms with Gasteiger partial charge < -0.3 is 14.7 Å². The number of rotatable bonds is 12. The first-order valence-electron chi connectivity index (χ1n) is 22.5. The zero-order valence-electron chi connectivity index (χ0n) is 39.4. The van der Waals surface area contributed by atoms with Crippen LogP contribution < -0.4 is 62.4 Å². The molecule has 0 saturated carbocycles. The Labute approximate surface area is 414 Å². The van der Waals surface area contributed by atoms with E-state index in [2.05, 4.69) is 312 Å². The molecule has 9 aromatic carbocycles. The molecule has 0 aliphatic carbocycles. The van der Waals surface area contributed by atoms with E-state index >= 15 is 0 Å². The molecule has 0 amide bonds. The number of hydrogen-bond donors (Lipinski definition) is 0. The van der Waals surface area contributed by atoms with Gasteiger partial charge in [0.1, 0.15) is 47.7 Å². The average Bonchev–Trinajstić information content (AvgIpc) is 3.37. The van der Waals surface area contributed by atoms with Gasteiger partial charge in [-0.05, 0) is 146 Å². The predicted molar refractivity (Wildman–Crippen MR) is 303 cm³/mol. The third-order valence-electron chi connectivity index (χ3n) is 11.4. The molecule has 0 aliphatic rings. The van der Waals surface area contributed by atoms with Gasteiger partial charge in [-0.25, -0.2) is 0 Å². The number of hydrogen-bond acceptors (Lipinski definition) is 3. The summed E-state index contributed by atoms with van der Waals surface area (Å²) in [6, 6.07) is 92.1. The molecule has 338 valence electrons. The first-order chi connectivity index (χ1) is 32.3. The maximum Gasteiger partial charge on any atom is 0.102 e. The van der Waals surface area contributed by atoms with Gasteiger partial charge in [-0.1, -0.05) is 109 Å². The van der Waals surface area contributed by atoms with E-state index in [0.29, 0.717) is 0 Å². The van der Waals surface area contributed by atoms with Crippen molar-refractivity contribution < 1.29 is 17.1 Å². The normalized spacial score (nSPS) is 10.5. The molecular formula is C60H63FeN3P3+3. The fraction of sp³-hybridized carbons (Fsp3) is 0.100. The second-order valence-electron chi connectivity index (χ2n) is 16.6. The molecule has 0 fully saturated rings. The quantitative estimate of drug-likeness (QED) is 0.0893. The second kappa shape index (κ2) is 25.9. The summed E-state index contributed by atoms with van der Waals surface area (Å²) in [6.07, 6.45) is 0. The Balaban J connectivity index is 0.000000165. The van der Waals surface area contributed by atoms with Crippen molar-refractivity contribution in [3.63, 3.8) is 0 Å². The minimum absolute atomic E-state index is 0. The molecule has 67 heavy (non-hydrogen) atoms. The third-order valence-corrected chi connectivity index (χ3v) is 19.6. The van der Waals surface area contributed by atoms with E-state index < -0.39 is 23.8 Å². The molecule has 0 heterocycles. The smallest absolute Gasteiger partial charge is 0.102 e. The van der Waals surface area contributed by atoms with Gasteiger partial charge in [0.15, 0.2) is 0 Å². The van der Waals surface area contributed by atoms with Gasteiger partial charge in [-0.3, -0.25) is 0 Å². The summed E-state index contributed by atoms with van der Waals surface area (Å²) in [5.74, 6) is 0. The Bertz CT molecular complexity index is 2320. The molecule has 7 heteroatoms. The van der Waals surface area contributed by atoms with Crippen LogP contribution in [0.1, 0.15) is 0 Å². The summed E-state index contributed by atoms with van der Waals surface area (Å²) in [7, 11) is 9.66. The Hall–Kier alpha value is -5.81. The summed E-state index contributed by atoms with van der Waals surface area (Å²) >= 11 is 0. The SMILES string of the molecule is CN(C)c1ccc([PH+](c2ccccc2)c2ccccc2)cc1.CN(C)c1ccc([PH+](c2ccccc2)c2ccccc2)cc1.CN(C)c1ccc([PH+](c2ccccc2)c2ccccc2)cc1.[Fe]. The van der Waals surface area contributed by atoms with E-state index in [-0.39, 0.29) is 17.1 Å². The van der Waals surface area contributed by atoms with Crippen LogP contribution in [0.5, 0.6) is 0 Å². The van der Waals surface area contributed by atoms with Gasteiger partial charge in [0.25, 0.3) is 0 Å². The van der Waals surface area contributed by atoms with E-state index in [1.54, 1.807) is 0 Å². The molecule has 0 atom stereocenters. The molecule has 0 spiro atoms. The molecule has 0 aliphatic heterocycles. The van der Waals surface area contributed by atoms with Crippen LogP contribution in [0.4, 0.5) is 17.1 Å². The molecule has 0 radical (unpaired) electrons. The molecule has 0 unspecified atom stereocenters. The Kier molecular flexibility index (Phi) is 19.6. The summed E-state index contributed by atoms with van der Waals surface area (Å²) in [6.45, 7) is 0. The zero-order chi connectivity index (χ0) is 46.1. The molecular weight excluding hydrogens is 911 g/mol. The molecule has 0 bridgehead atoms. The van der Waals surface area contributed by atoms with Gasteiger partial charge in [-0.15, -0.1) is 0 Å². The Morgan fingerprint density at radius 2 is 0.328 bits per heavy atom. The first kappa shape index (κ1) is 50.6. The van der Waals surface area contributed by atoms with Gasteiger partial charge in [0.05, 0.1) is 23.8 Å². The van der Waals surface area contributed by atoms with E-state index in [9.17, 15) is 0 Å². The van der Waals surface area contributed by atoms with Crippen molar-refractivity contribution in [3.05, 3.63) is 255 Å². The maximum absolute atomic E-state index is 2.28. The van der Waals surface area contributed by atoms with Gasteiger partial charge >= 0.3 is 0 Å². The van der Waals surface area contributed by atoms with Crippen LogP contribution in [-0.2, 0) is 17.1 Å². The van der Waals surface area contributed by atoms with Gasteiger partial charge in [0.2, 0.25) is 0 Å². The molecule has 3 nitrogen and oxygen atoms in total. The molecule has 9 rings (SSSR count). The molecule has 0 N–H and O–H groups in total. The topological polar surface area (TPSA) is 9.72 Å². The van der Waals surface area contributed by atoms with Crippen molar-refractivity contribution >= 4 is 88.6 Å². The molecule has 0 aromatic heterocycles. The number of nitrogens with zero attached hydrogens (tertiary/aromatic N) is 3. The van der Waals surface area contributed by atoms with Crippen LogP contribution in [0.2, 0.25) is 0 Å². The van der Waals surface area contributed by atoms with E-state index in [0.717, 1.165) is 0 Å². The van der Waals surface area contributed by atoms with Crippen LogP contribution in [-0.4, -0.2) is 42.3 Å². The molecule has 9 aromatic rings. The predicted octanol–water partition coefficient (Wildman–Crippen LogP) is 9.73. The standard InChI is InChI=1S/3C20H20NP.Fe/c3*1-21(2)17-13-15-20(16-14-17)22(18-9-5-3-6-10-18)19-11-7-4-8-12-19;/h3*3-16H,1-2H3;/p+3. The van der Waals surface area contributed by atoms with E-state index in [1.165, 1.54) is 64.8 Å². The van der Waals surface area contributed by atoms with Crippen molar-refractivity contribution in [2.75, 3.05) is 57.0 Å². The fourth-order valence-electron chi connectivity index (χ4n) is 7.91. The van der Waals surface area contributed by atoms with Gasteiger partial charge in [0, 0.05) is 76.4 Å². The summed E-state index contributed by atoms with van der Waals surface area (Å²) in [5.41, 5.74) is 3.73. The first-order valence-corrected chi connectivity index (χ1v) is 27.0. The molecule has 0 saturated heterocycles. The average molecular weight is 975 g/mol. The largest absolute Gasteiger partial charge is 0.378 e. The van der Waals surface area contributed by atoms with Crippen LogP contribution >= 0.6 is 23.8 Å². The Morgan fingerprint density at radius 1 is 0.194 bits per heavy atom. The van der Waals surface area contributed by atoms with Crippen molar-refractivity contribution in [1.29, 1.82) is 0 Å². The Morgan fingerprint density at radius 3 is 0.463 bits per heavy atom. The summed E-state index contributed by atoms with van der Waals surface area (Å²) in [4.78, 5) is 6.42. The third kappa shape index (κ3) is 14.1. The van der Waals surface area contributed by atoms with Crippen molar-refractivity contribution in [1.82, 2.24) is 0 Å². The summed E-state index contributed by atoms with van der Waals surface area (Å²) in [5, 5.41) is 12.8. The van der Waals surface area contributed by atoms with Crippen LogP contribution in [0.25, 0.3) is 0 Å².